The van der Waals surface area contributed by atoms with Gasteiger partial charge >= 0.3 is 0 Å². The molecule has 1 aromatic heterocycles. The third kappa shape index (κ3) is 3.01. The highest BCUT2D eigenvalue weighted by Gasteiger charge is 2.25. The molecule has 1 aliphatic heterocycles. The Labute approximate surface area is 151 Å². The van der Waals surface area contributed by atoms with E-state index in [1.54, 1.807) is 11.3 Å². The first-order chi connectivity index (χ1) is 12.3. The Balaban J connectivity index is 1.96. The Morgan fingerprint density at radius 1 is 1.04 bits per heavy atom. The second-order valence-corrected chi connectivity index (χ2v) is 7.02. The van der Waals surface area contributed by atoms with Crippen LogP contribution in [0.25, 0.3) is 0 Å². The number of fused-ring (bicyclic) bond motifs is 1. The van der Waals surface area contributed by atoms with Crippen molar-refractivity contribution in [3.8, 4) is 0 Å². The summed E-state index contributed by atoms with van der Waals surface area (Å²) in [5, 5.41) is 5.62. The van der Waals surface area contributed by atoms with Gasteiger partial charge in [-0.1, -0.05) is 48.5 Å². The van der Waals surface area contributed by atoms with Crippen molar-refractivity contribution in [1.29, 1.82) is 0 Å². The average Bonchev–Trinajstić information content (AvgIpc) is 3.12. The normalized spacial score (nSPS) is 18.2. The maximum atomic E-state index is 5.15. The molecule has 0 radical (unpaired) electrons. The molecule has 0 aliphatic carbocycles. The van der Waals surface area contributed by atoms with Gasteiger partial charge in [0.05, 0.1) is 5.71 Å². The van der Waals surface area contributed by atoms with E-state index in [4.69, 9.17) is 4.99 Å². The molecule has 0 saturated carbocycles. The molecule has 3 aromatic rings. The van der Waals surface area contributed by atoms with Crippen molar-refractivity contribution < 1.29 is 0 Å². The van der Waals surface area contributed by atoms with Gasteiger partial charge in [0, 0.05) is 28.7 Å². The Bertz CT molecular complexity index is 941. The Hall–Kier alpha value is -2.72. The average molecular weight is 345 g/mol. The van der Waals surface area contributed by atoms with E-state index in [2.05, 4.69) is 77.2 Å². The van der Waals surface area contributed by atoms with Crippen LogP contribution in [-0.2, 0) is 0 Å². The Morgan fingerprint density at radius 2 is 1.88 bits per heavy atom. The molecule has 0 amide bonds. The van der Waals surface area contributed by atoms with Gasteiger partial charge in [0.25, 0.3) is 0 Å². The molecule has 2 heterocycles. The summed E-state index contributed by atoms with van der Waals surface area (Å²) in [7, 11) is 1.82. The van der Waals surface area contributed by atoms with E-state index in [1.807, 2.05) is 13.1 Å². The highest BCUT2D eigenvalue weighted by atomic mass is 32.1. The number of aliphatic imine (C=N–C) groups is 2. The monoisotopic (exact) mass is 345 g/mol. The molecule has 124 valence electrons. The van der Waals surface area contributed by atoms with Gasteiger partial charge in [0.15, 0.2) is 0 Å². The number of amidine groups is 1. The predicted octanol–water partition coefficient (Wildman–Crippen LogP) is 5.09. The highest BCUT2D eigenvalue weighted by molar-refractivity contribution is 7.10. The molecule has 2 aromatic carbocycles. The van der Waals surface area contributed by atoms with Crippen LogP contribution >= 0.6 is 11.3 Å². The van der Waals surface area contributed by atoms with Gasteiger partial charge in [-0.2, -0.15) is 0 Å². The molecule has 3 nitrogen and oxygen atoms in total. The van der Waals surface area contributed by atoms with Gasteiger partial charge in [-0.25, -0.2) is 0 Å². The summed E-state index contributed by atoms with van der Waals surface area (Å²) in [6, 6.07) is 20.9. The molecular weight excluding hydrogens is 326 g/mol. The fourth-order valence-corrected chi connectivity index (χ4v) is 3.85. The van der Waals surface area contributed by atoms with Crippen molar-refractivity contribution in [1.82, 2.24) is 0 Å². The molecule has 1 N–H and O–H groups in total. The van der Waals surface area contributed by atoms with Crippen molar-refractivity contribution in [2.24, 2.45) is 9.98 Å². The van der Waals surface area contributed by atoms with E-state index in [0.717, 1.165) is 28.4 Å². The molecule has 0 bridgehead atoms. The second kappa shape index (κ2) is 6.65. The molecule has 1 atom stereocenters. The zero-order chi connectivity index (χ0) is 17.2. The molecule has 1 aliphatic rings. The van der Waals surface area contributed by atoms with Crippen LogP contribution in [-0.4, -0.2) is 18.6 Å². The van der Waals surface area contributed by atoms with Crippen LogP contribution in [0.3, 0.4) is 0 Å². The summed E-state index contributed by atoms with van der Waals surface area (Å²) in [5.41, 5.74) is 5.50. The Kier molecular flexibility index (Phi) is 4.20. The van der Waals surface area contributed by atoms with Crippen molar-refractivity contribution in [2.45, 2.75) is 13.0 Å². The lowest BCUT2D eigenvalue weighted by Gasteiger charge is -2.14. The van der Waals surface area contributed by atoms with Crippen LogP contribution in [0.1, 0.15) is 27.6 Å². The van der Waals surface area contributed by atoms with Crippen molar-refractivity contribution >= 4 is 28.6 Å². The molecule has 4 rings (SSSR count). The van der Waals surface area contributed by atoms with E-state index in [-0.39, 0.29) is 6.04 Å². The molecule has 0 spiro atoms. The zero-order valence-electron chi connectivity index (χ0n) is 14.2. The van der Waals surface area contributed by atoms with Crippen molar-refractivity contribution in [3.63, 3.8) is 0 Å². The van der Waals surface area contributed by atoms with Crippen molar-refractivity contribution in [3.05, 3.63) is 87.6 Å². The maximum Gasteiger partial charge on any atom is 0.142 e. The van der Waals surface area contributed by atoms with Gasteiger partial charge < -0.3 is 5.32 Å². The summed E-state index contributed by atoms with van der Waals surface area (Å²) in [5.74, 6) is 0.875. The van der Waals surface area contributed by atoms with Gasteiger partial charge in [0.2, 0.25) is 0 Å². The number of thiophene rings is 1. The predicted molar refractivity (Wildman–Crippen MR) is 107 cm³/mol. The van der Waals surface area contributed by atoms with E-state index in [1.165, 1.54) is 10.4 Å². The number of nitrogens with zero attached hydrogens (tertiary/aromatic N) is 2. The number of benzene rings is 2. The number of aryl methyl sites for hydroxylation is 1. The lowest BCUT2D eigenvalue weighted by Crippen LogP contribution is -2.18. The van der Waals surface area contributed by atoms with E-state index < -0.39 is 0 Å². The lowest BCUT2D eigenvalue weighted by molar-refractivity contribution is 0.982. The van der Waals surface area contributed by atoms with E-state index >= 15 is 0 Å². The zero-order valence-corrected chi connectivity index (χ0v) is 15.0. The smallest absolute Gasteiger partial charge is 0.142 e. The van der Waals surface area contributed by atoms with Gasteiger partial charge in [0.1, 0.15) is 11.9 Å². The minimum absolute atomic E-state index is 0.118. The third-order valence-corrected chi connectivity index (χ3v) is 5.24. The van der Waals surface area contributed by atoms with Gasteiger partial charge in [-0.05, 0) is 30.0 Å². The number of hydrogen-bond acceptors (Lipinski definition) is 3. The lowest BCUT2D eigenvalue weighted by atomic mass is 9.99. The summed E-state index contributed by atoms with van der Waals surface area (Å²) in [6.45, 7) is 2.10. The van der Waals surface area contributed by atoms with Crippen LogP contribution in [0.15, 0.2) is 76.0 Å². The first-order valence-corrected chi connectivity index (χ1v) is 9.15. The minimum atomic E-state index is -0.118. The summed E-state index contributed by atoms with van der Waals surface area (Å²) in [6.07, 6.45) is 0. The summed E-state index contributed by atoms with van der Waals surface area (Å²) < 4.78 is 0. The van der Waals surface area contributed by atoms with Gasteiger partial charge in [-0.15, -0.1) is 11.3 Å². The molecule has 1 unspecified atom stereocenters. The fraction of sp³-hybridized carbons (Fsp3) is 0.143. The standard InChI is InChI=1S/C21H19N3S/c1-14-10-11-16-17(13-14)23-21(22-2)20(18-9-6-12-25-18)24-19(16)15-7-4-3-5-8-15/h3-13,20H,1-2H3,(H,22,23). The van der Waals surface area contributed by atoms with Crippen LogP contribution in [0.4, 0.5) is 5.69 Å². The quantitative estimate of drug-likeness (QED) is 0.690. The number of nitrogens with one attached hydrogen (secondary N) is 1. The van der Waals surface area contributed by atoms with Crippen LogP contribution in [0, 0.1) is 6.92 Å². The molecule has 25 heavy (non-hydrogen) atoms. The Morgan fingerprint density at radius 3 is 2.60 bits per heavy atom. The fourth-order valence-electron chi connectivity index (χ4n) is 3.08. The van der Waals surface area contributed by atoms with E-state index in [0.29, 0.717) is 0 Å². The van der Waals surface area contributed by atoms with Crippen LogP contribution < -0.4 is 5.32 Å². The molecular formula is C21H19N3S. The second-order valence-electron chi connectivity index (χ2n) is 6.04. The van der Waals surface area contributed by atoms with Crippen LogP contribution in [0.2, 0.25) is 0 Å². The SMILES string of the molecule is CN=C1Nc2cc(C)ccc2C(c2ccccc2)=NC1c1cccs1. The van der Waals surface area contributed by atoms with Crippen LogP contribution in [0.5, 0.6) is 0 Å². The molecule has 0 saturated heterocycles. The third-order valence-electron chi connectivity index (χ3n) is 4.31. The summed E-state index contributed by atoms with van der Waals surface area (Å²) >= 11 is 1.71. The number of anilines is 1. The maximum absolute atomic E-state index is 5.15. The summed E-state index contributed by atoms with van der Waals surface area (Å²) in [4.78, 5) is 10.8. The highest BCUT2D eigenvalue weighted by Crippen LogP contribution is 2.32. The molecule has 0 fully saturated rings. The molecule has 4 heteroatoms. The minimum Gasteiger partial charge on any atom is -0.341 e. The van der Waals surface area contributed by atoms with Gasteiger partial charge in [-0.3, -0.25) is 9.98 Å². The number of benzodiazepines with no additional fused rings is 1. The van der Waals surface area contributed by atoms with Crippen molar-refractivity contribution in [2.75, 3.05) is 12.4 Å². The number of rotatable bonds is 2. The first kappa shape index (κ1) is 15.8. The largest absolute Gasteiger partial charge is 0.341 e. The topological polar surface area (TPSA) is 36.8 Å². The first-order valence-electron chi connectivity index (χ1n) is 8.27. The number of hydrogen-bond donors (Lipinski definition) is 1. The van der Waals surface area contributed by atoms with E-state index in [9.17, 15) is 0 Å².